The van der Waals surface area contributed by atoms with Gasteiger partial charge >= 0.3 is 0 Å². The van der Waals surface area contributed by atoms with Crippen LogP contribution in [0.1, 0.15) is 29.7 Å². The summed E-state index contributed by atoms with van der Waals surface area (Å²) in [5.74, 6) is 3.16. The standard InChI is InChI=1S/C11H17N3S/c1-7(12)5-11-13-8(2)9-6-15-4-3-10(9)14-11/h7H,3-6,12H2,1-2H3. The first-order chi connectivity index (χ1) is 7.16. The van der Waals surface area contributed by atoms with E-state index >= 15 is 0 Å². The Bertz CT molecular complexity index is 363. The topological polar surface area (TPSA) is 51.8 Å². The summed E-state index contributed by atoms with van der Waals surface area (Å²) >= 11 is 1.97. The molecule has 3 nitrogen and oxygen atoms in total. The van der Waals surface area contributed by atoms with Crippen molar-refractivity contribution < 1.29 is 0 Å². The van der Waals surface area contributed by atoms with Crippen LogP contribution in [0.25, 0.3) is 0 Å². The van der Waals surface area contributed by atoms with Crippen molar-refractivity contribution >= 4 is 11.8 Å². The Kier molecular flexibility index (Phi) is 3.26. The Hall–Kier alpha value is -0.610. The lowest BCUT2D eigenvalue weighted by atomic mass is 10.1. The van der Waals surface area contributed by atoms with Crippen LogP contribution >= 0.6 is 11.8 Å². The molecule has 1 atom stereocenters. The zero-order valence-electron chi connectivity index (χ0n) is 9.29. The van der Waals surface area contributed by atoms with Crippen LogP contribution in [-0.4, -0.2) is 21.8 Å². The molecule has 4 heteroatoms. The monoisotopic (exact) mass is 223 g/mol. The zero-order chi connectivity index (χ0) is 10.8. The molecule has 82 valence electrons. The molecule has 0 aliphatic carbocycles. The van der Waals surface area contributed by atoms with Crippen LogP contribution in [0.2, 0.25) is 0 Å². The maximum absolute atomic E-state index is 5.77. The number of aryl methyl sites for hydroxylation is 2. The van der Waals surface area contributed by atoms with Gasteiger partial charge in [-0.1, -0.05) is 0 Å². The number of rotatable bonds is 2. The first-order valence-electron chi connectivity index (χ1n) is 5.35. The van der Waals surface area contributed by atoms with E-state index in [9.17, 15) is 0 Å². The van der Waals surface area contributed by atoms with Crippen LogP contribution in [0, 0.1) is 6.92 Å². The highest BCUT2D eigenvalue weighted by Crippen LogP contribution is 2.25. The average Bonchev–Trinajstić information content (AvgIpc) is 2.16. The SMILES string of the molecule is Cc1nc(CC(C)N)nc2c1CSCC2. The van der Waals surface area contributed by atoms with Crippen molar-refractivity contribution in [3.8, 4) is 0 Å². The lowest BCUT2D eigenvalue weighted by Crippen LogP contribution is -2.21. The first-order valence-corrected chi connectivity index (χ1v) is 6.51. The number of hydrogen-bond donors (Lipinski definition) is 1. The van der Waals surface area contributed by atoms with Gasteiger partial charge in [0.2, 0.25) is 0 Å². The van der Waals surface area contributed by atoms with Gasteiger partial charge in [0, 0.05) is 35.2 Å². The van der Waals surface area contributed by atoms with E-state index in [1.165, 1.54) is 17.0 Å². The molecule has 0 saturated heterocycles. The van der Waals surface area contributed by atoms with E-state index in [1.54, 1.807) is 0 Å². The largest absolute Gasteiger partial charge is 0.328 e. The number of hydrogen-bond acceptors (Lipinski definition) is 4. The summed E-state index contributed by atoms with van der Waals surface area (Å²) in [4.78, 5) is 9.13. The van der Waals surface area contributed by atoms with Crippen molar-refractivity contribution in [3.63, 3.8) is 0 Å². The predicted octanol–water partition coefficient (Wildman–Crippen LogP) is 1.46. The van der Waals surface area contributed by atoms with Gasteiger partial charge in [-0.15, -0.1) is 0 Å². The highest BCUT2D eigenvalue weighted by Gasteiger charge is 2.15. The summed E-state index contributed by atoms with van der Waals surface area (Å²) in [6.45, 7) is 4.07. The van der Waals surface area contributed by atoms with E-state index in [1.807, 2.05) is 18.7 Å². The van der Waals surface area contributed by atoms with Gasteiger partial charge in [-0.3, -0.25) is 0 Å². The molecule has 2 rings (SSSR count). The van der Waals surface area contributed by atoms with Gasteiger partial charge in [-0.05, 0) is 26.0 Å². The van der Waals surface area contributed by atoms with Gasteiger partial charge in [0.25, 0.3) is 0 Å². The van der Waals surface area contributed by atoms with Crippen molar-refractivity contribution in [1.29, 1.82) is 0 Å². The number of thioether (sulfide) groups is 1. The van der Waals surface area contributed by atoms with Crippen LogP contribution in [0.5, 0.6) is 0 Å². The van der Waals surface area contributed by atoms with Crippen LogP contribution in [0.3, 0.4) is 0 Å². The van der Waals surface area contributed by atoms with Gasteiger partial charge in [0.15, 0.2) is 0 Å². The molecule has 0 saturated carbocycles. The molecule has 0 bridgehead atoms. The summed E-state index contributed by atoms with van der Waals surface area (Å²) in [6.07, 6.45) is 1.86. The van der Waals surface area contributed by atoms with Crippen molar-refractivity contribution in [2.24, 2.45) is 5.73 Å². The second-order valence-corrected chi connectivity index (χ2v) is 5.24. The summed E-state index contributed by atoms with van der Waals surface area (Å²) in [5.41, 5.74) is 9.50. The highest BCUT2D eigenvalue weighted by molar-refractivity contribution is 7.98. The van der Waals surface area contributed by atoms with Crippen LogP contribution in [0.15, 0.2) is 0 Å². The fourth-order valence-electron chi connectivity index (χ4n) is 1.84. The van der Waals surface area contributed by atoms with Crippen LogP contribution < -0.4 is 5.73 Å². The Morgan fingerprint density at radius 2 is 2.27 bits per heavy atom. The molecule has 0 spiro atoms. The number of fused-ring (bicyclic) bond motifs is 1. The molecule has 0 aromatic carbocycles. The van der Waals surface area contributed by atoms with Crippen LogP contribution in [0.4, 0.5) is 0 Å². The summed E-state index contributed by atoms with van der Waals surface area (Å²) in [5, 5.41) is 0. The van der Waals surface area contributed by atoms with Crippen molar-refractivity contribution in [2.75, 3.05) is 5.75 Å². The van der Waals surface area contributed by atoms with Crippen molar-refractivity contribution in [1.82, 2.24) is 9.97 Å². The normalized spacial score (nSPS) is 17.3. The van der Waals surface area contributed by atoms with E-state index < -0.39 is 0 Å². The Morgan fingerprint density at radius 1 is 1.47 bits per heavy atom. The number of nitrogens with zero attached hydrogens (tertiary/aromatic N) is 2. The third kappa shape index (κ3) is 2.49. The molecule has 1 aromatic heterocycles. The van der Waals surface area contributed by atoms with Gasteiger partial charge in [0.05, 0.1) is 0 Å². The van der Waals surface area contributed by atoms with E-state index in [0.29, 0.717) is 0 Å². The molecule has 2 N–H and O–H groups in total. The molecule has 1 unspecified atom stereocenters. The predicted molar refractivity (Wildman–Crippen MR) is 64.0 cm³/mol. The molecule has 0 radical (unpaired) electrons. The quantitative estimate of drug-likeness (QED) is 0.825. The molecule has 1 aromatic rings. The Balaban J connectivity index is 2.32. The van der Waals surface area contributed by atoms with Crippen LogP contribution in [-0.2, 0) is 18.6 Å². The third-order valence-corrected chi connectivity index (χ3v) is 3.57. The van der Waals surface area contributed by atoms with Crippen molar-refractivity contribution in [2.45, 2.75) is 38.5 Å². The van der Waals surface area contributed by atoms with Gasteiger partial charge in [-0.25, -0.2) is 9.97 Å². The zero-order valence-corrected chi connectivity index (χ0v) is 10.1. The van der Waals surface area contributed by atoms with E-state index in [0.717, 1.165) is 30.1 Å². The lowest BCUT2D eigenvalue weighted by molar-refractivity contribution is 0.689. The smallest absolute Gasteiger partial charge is 0.130 e. The minimum atomic E-state index is 0.139. The first kappa shape index (κ1) is 10.9. The fourth-order valence-corrected chi connectivity index (χ4v) is 2.90. The maximum Gasteiger partial charge on any atom is 0.130 e. The number of aromatic nitrogens is 2. The second-order valence-electron chi connectivity index (χ2n) is 4.13. The fraction of sp³-hybridized carbons (Fsp3) is 0.636. The Morgan fingerprint density at radius 3 is 3.00 bits per heavy atom. The minimum Gasteiger partial charge on any atom is -0.328 e. The van der Waals surface area contributed by atoms with Gasteiger partial charge < -0.3 is 5.73 Å². The molecular formula is C11H17N3S. The Labute approximate surface area is 94.9 Å². The molecule has 1 aliphatic rings. The maximum atomic E-state index is 5.77. The summed E-state index contributed by atoms with van der Waals surface area (Å²) < 4.78 is 0. The third-order valence-electron chi connectivity index (χ3n) is 2.58. The van der Waals surface area contributed by atoms with Gasteiger partial charge in [-0.2, -0.15) is 11.8 Å². The summed E-state index contributed by atoms with van der Waals surface area (Å²) in [6, 6.07) is 0.139. The van der Waals surface area contributed by atoms with E-state index in [-0.39, 0.29) is 6.04 Å². The highest BCUT2D eigenvalue weighted by atomic mass is 32.2. The average molecular weight is 223 g/mol. The minimum absolute atomic E-state index is 0.139. The van der Waals surface area contributed by atoms with E-state index in [4.69, 9.17) is 5.73 Å². The molecular weight excluding hydrogens is 206 g/mol. The molecule has 2 heterocycles. The summed E-state index contributed by atoms with van der Waals surface area (Å²) in [7, 11) is 0. The molecule has 0 amide bonds. The molecule has 15 heavy (non-hydrogen) atoms. The van der Waals surface area contributed by atoms with Crippen molar-refractivity contribution in [3.05, 3.63) is 22.8 Å². The number of nitrogens with two attached hydrogens (primary N) is 1. The second kappa shape index (κ2) is 4.49. The van der Waals surface area contributed by atoms with E-state index in [2.05, 4.69) is 16.9 Å². The van der Waals surface area contributed by atoms with Gasteiger partial charge in [0.1, 0.15) is 5.82 Å². The lowest BCUT2D eigenvalue weighted by Gasteiger charge is -2.17. The molecule has 1 aliphatic heterocycles. The molecule has 0 fully saturated rings.